The van der Waals surface area contributed by atoms with Gasteiger partial charge in [0.2, 0.25) is 0 Å². The first-order chi connectivity index (χ1) is 13.5. The minimum Gasteiger partial charge on any atom is -0.491 e. The van der Waals surface area contributed by atoms with Crippen LogP contribution in [0.15, 0.2) is 48.5 Å². The molecule has 1 aliphatic heterocycles. The van der Waals surface area contributed by atoms with Gasteiger partial charge >= 0.3 is 5.97 Å². The Hall–Kier alpha value is -2.88. The zero-order valence-electron chi connectivity index (χ0n) is 15.7. The summed E-state index contributed by atoms with van der Waals surface area (Å²) < 4.78 is 5.68. The van der Waals surface area contributed by atoms with E-state index >= 15 is 0 Å². The fraction of sp³-hybridized carbons (Fsp3) is 0.364. The molecule has 1 saturated heterocycles. The molecule has 0 aromatic heterocycles. The highest BCUT2D eigenvalue weighted by Crippen LogP contribution is 2.24. The van der Waals surface area contributed by atoms with Crippen LogP contribution in [-0.2, 0) is 6.42 Å². The standard InChI is InChI=1S/C22H24N2O4/c1-23-19-6-2-17(3-7-19)10-13-24-14-11-22(27,12-15-24)16-28-20-8-4-18(5-9-20)21(25)26/h2-9,27H,10-16H2,(H,25,26). The van der Waals surface area contributed by atoms with E-state index in [0.29, 0.717) is 24.3 Å². The van der Waals surface area contributed by atoms with Crippen molar-refractivity contribution in [3.63, 3.8) is 0 Å². The Morgan fingerprint density at radius 1 is 1.11 bits per heavy atom. The number of likely N-dealkylation sites (tertiary alicyclic amines) is 1. The first-order valence-corrected chi connectivity index (χ1v) is 9.35. The number of aliphatic hydroxyl groups is 1. The van der Waals surface area contributed by atoms with Crippen LogP contribution in [0.4, 0.5) is 5.69 Å². The third kappa shape index (κ3) is 5.32. The average molecular weight is 380 g/mol. The van der Waals surface area contributed by atoms with Gasteiger partial charge in [0.05, 0.1) is 12.1 Å². The fourth-order valence-corrected chi connectivity index (χ4v) is 3.27. The topological polar surface area (TPSA) is 74.4 Å². The fourth-order valence-electron chi connectivity index (χ4n) is 3.27. The van der Waals surface area contributed by atoms with Crippen molar-refractivity contribution in [3.05, 3.63) is 71.1 Å². The maximum atomic E-state index is 10.9. The van der Waals surface area contributed by atoms with Gasteiger partial charge in [0.15, 0.2) is 5.69 Å². The molecule has 0 radical (unpaired) electrons. The van der Waals surface area contributed by atoms with Crippen LogP contribution in [0.1, 0.15) is 28.8 Å². The van der Waals surface area contributed by atoms with E-state index in [2.05, 4.69) is 9.74 Å². The van der Waals surface area contributed by atoms with Crippen molar-refractivity contribution in [1.82, 2.24) is 4.90 Å². The molecule has 6 heteroatoms. The monoisotopic (exact) mass is 380 g/mol. The van der Waals surface area contributed by atoms with Gasteiger partial charge < -0.3 is 19.8 Å². The van der Waals surface area contributed by atoms with Crippen LogP contribution >= 0.6 is 0 Å². The van der Waals surface area contributed by atoms with E-state index < -0.39 is 11.6 Å². The van der Waals surface area contributed by atoms with Crippen LogP contribution in [0, 0.1) is 6.57 Å². The quantitative estimate of drug-likeness (QED) is 0.721. The number of ether oxygens (including phenoxy) is 1. The van der Waals surface area contributed by atoms with E-state index in [9.17, 15) is 9.90 Å². The van der Waals surface area contributed by atoms with Crippen LogP contribution in [0.5, 0.6) is 5.75 Å². The highest BCUT2D eigenvalue weighted by atomic mass is 16.5. The molecule has 1 heterocycles. The molecular weight excluding hydrogens is 356 g/mol. The molecule has 0 amide bonds. The van der Waals surface area contributed by atoms with Crippen molar-refractivity contribution in [2.45, 2.75) is 24.9 Å². The van der Waals surface area contributed by atoms with Crippen LogP contribution in [-0.4, -0.2) is 52.9 Å². The summed E-state index contributed by atoms with van der Waals surface area (Å²) in [6, 6.07) is 13.9. The lowest BCUT2D eigenvalue weighted by Gasteiger charge is -2.38. The van der Waals surface area contributed by atoms with Gasteiger partial charge in [0.1, 0.15) is 18.0 Å². The lowest BCUT2D eigenvalue weighted by atomic mass is 9.92. The van der Waals surface area contributed by atoms with Crippen molar-refractivity contribution >= 4 is 11.7 Å². The number of benzene rings is 2. The summed E-state index contributed by atoms with van der Waals surface area (Å²) in [6.07, 6.45) is 2.19. The van der Waals surface area contributed by atoms with Gasteiger partial charge in [0, 0.05) is 19.6 Å². The van der Waals surface area contributed by atoms with Gasteiger partial charge in [-0.15, -0.1) is 0 Å². The van der Waals surface area contributed by atoms with Crippen LogP contribution in [0.25, 0.3) is 4.85 Å². The molecular formula is C22H24N2O4. The first kappa shape index (κ1) is 19.9. The summed E-state index contributed by atoms with van der Waals surface area (Å²) in [7, 11) is 0. The summed E-state index contributed by atoms with van der Waals surface area (Å²) in [5.41, 5.74) is 1.22. The number of hydrogen-bond acceptors (Lipinski definition) is 4. The minimum absolute atomic E-state index is 0.200. The second kappa shape index (κ2) is 8.87. The van der Waals surface area contributed by atoms with E-state index in [-0.39, 0.29) is 12.2 Å². The van der Waals surface area contributed by atoms with Gasteiger partial charge in [0.25, 0.3) is 0 Å². The number of nitrogens with zero attached hydrogens (tertiary/aromatic N) is 2. The molecule has 1 fully saturated rings. The van der Waals surface area contributed by atoms with Gasteiger partial charge in [-0.3, -0.25) is 0 Å². The molecule has 2 N–H and O–H groups in total. The van der Waals surface area contributed by atoms with E-state index in [1.165, 1.54) is 17.7 Å². The van der Waals surface area contributed by atoms with Crippen molar-refractivity contribution in [3.8, 4) is 5.75 Å². The molecule has 2 aromatic rings. The van der Waals surface area contributed by atoms with Crippen molar-refractivity contribution < 1.29 is 19.7 Å². The number of carbonyl (C=O) groups is 1. The normalized spacial score (nSPS) is 16.3. The van der Waals surface area contributed by atoms with Gasteiger partial charge in [-0.2, -0.15) is 0 Å². The molecule has 1 aliphatic rings. The van der Waals surface area contributed by atoms with Crippen LogP contribution in [0.2, 0.25) is 0 Å². The lowest BCUT2D eigenvalue weighted by Crippen LogP contribution is -2.48. The largest absolute Gasteiger partial charge is 0.491 e. The molecule has 3 rings (SSSR count). The molecule has 0 saturated carbocycles. The number of aromatic carboxylic acids is 1. The van der Waals surface area contributed by atoms with Crippen LogP contribution < -0.4 is 4.74 Å². The molecule has 0 unspecified atom stereocenters. The summed E-state index contributed by atoms with van der Waals surface area (Å²) in [5, 5.41) is 19.7. The summed E-state index contributed by atoms with van der Waals surface area (Å²) in [6.45, 7) is 9.72. The van der Waals surface area contributed by atoms with E-state index in [1.54, 1.807) is 12.1 Å². The Bertz CT molecular complexity index is 832. The van der Waals surface area contributed by atoms with Crippen molar-refractivity contribution in [2.24, 2.45) is 0 Å². The summed E-state index contributed by atoms with van der Waals surface area (Å²) in [4.78, 5) is 16.6. The third-order valence-electron chi connectivity index (χ3n) is 5.18. The SMILES string of the molecule is [C-]#[N+]c1ccc(CCN2CCC(O)(COc3ccc(C(=O)O)cc3)CC2)cc1. The summed E-state index contributed by atoms with van der Waals surface area (Å²) >= 11 is 0. The zero-order valence-corrected chi connectivity index (χ0v) is 15.7. The van der Waals surface area contributed by atoms with E-state index in [4.69, 9.17) is 16.4 Å². The molecule has 0 aliphatic carbocycles. The molecule has 28 heavy (non-hydrogen) atoms. The molecule has 0 spiro atoms. The first-order valence-electron chi connectivity index (χ1n) is 9.35. The molecule has 146 valence electrons. The number of piperidine rings is 1. The molecule has 0 atom stereocenters. The van der Waals surface area contributed by atoms with Gasteiger partial charge in [-0.05, 0) is 49.1 Å². The Morgan fingerprint density at radius 2 is 1.75 bits per heavy atom. The molecule has 6 nitrogen and oxygen atoms in total. The van der Waals surface area contributed by atoms with E-state index in [0.717, 1.165) is 26.1 Å². The Morgan fingerprint density at radius 3 is 2.32 bits per heavy atom. The maximum absolute atomic E-state index is 10.9. The second-order valence-corrected chi connectivity index (χ2v) is 7.21. The second-order valence-electron chi connectivity index (χ2n) is 7.21. The zero-order chi connectivity index (χ0) is 20.0. The predicted octanol–water partition coefficient (Wildman–Crippen LogP) is 3.38. The third-order valence-corrected chi connectivity index (χ3v) is 5.18. The predicted molar refractivity (Wildman–Crippen MR) is 106 cm³/mol. The average Bonchev–Trinajstić information content (AvgIpc) is 2.73. The molecule has 2 aromatic carbocycles. The van der Waals surface area contributed by atoms with Crippen molar-refractivity contribution in [2.75, 3.05) is 26.2 Å². The lowest BCUT2D eigenvalue weighted by molar-refractivity contribution is -0.0521. The van der Waals surface area contributed by atoms with Crippen molar-refractivity contribution in [1.29, 1.82) is 0 Å². The smallest absolute Gasteiger partial charge is 0.335 e. The highest BCUT2D eigenvalue weighted by molar-refractivity contribution is 5.87. The maximum Gasteiger partial charge on any atom is 0.335 e. The van der Waals surface area contributed by atoms with Gasteiger partial charge in [-0.25, -0.2) is 9.64 Å². The summed E-state index contributed by atoms with van der Waals surface area (Å²) in [5.74, 6) is -0.413. The number of hydrogen-bond donors (Lipinski definition) is 2. The number of carboxylic acids is 1. The molecule has 0 bridgehead atoms. The van der Waals surface area contributed by atoms with Crippen LogP contribution in [0.3, 0.4) is 0 Å². The van der Waals surface area contributed by atoms with Gasteiger partial charge in [-0.1, -0.05) is 24.3 Å². The minimum atomic E-state index is -0.972. The highest BCUT2D eigenvalue weighted by Gasteiger charge is 2.33. The van der Waals surface area contributed by atoms with E-state index in [1.807, 2.05) is 24.3 Å². The Kier molecular flexibility index (Phi) is 6.30. The Balaban J connectivity index is 1.43. The Labute approximate surface area is 164 Å². The number of carboxylic acid groups (broad SMARTS) is 1. The number of rotatable bonds is 7.